The van der Waals surface area contributed by atoms with Gasteiger partial charge < -0.3 is 14.3 Å². The first-order chi connectivity index (χ1) is 13.2. The van der Waals surface area contributed by atoms with Gasteiger partial charge in [-0.05, 0) is 42.3 Å². The molecule has 27 heavy (non-hydrogen) atoms. The molecule has 0 saturated carbocycles. The smallest absolute Gasteiger partial charge is 0.286 e. The molecule has 0 bridgehead atoms. The minimum atomic E-state index is -0.207. The summed E-state index contributed by atoms with van der Waals surface area (Å²) in [5.74, 6) is 1.07. The summed E-state index contributed by atoms with van der Waals surface area (Å²) in [4.78, 5) is 16.8. The number of hydrogen-bond acceptors (Lipinski definition) is 3. The molecule has 4 aromatic rings. The molecular weight excluding hydrogens is 338 g/mol. The van der Waals surface area contributed by atoms with Crippen LogP contribution in [0.5, 0.6) is 0 Å². The number of hydrogen-bond donors (Lipinski definition) is 1. The van der Waals surface area contributed by atoms with Crippen LogP contribution in [0.4, 0.5) is 0 Å². The second kappa shape index (κ2) is 7.50. The molecule has 2 heterocycles. The first-order valence-electron chi connectivity index (χ1n) is 9.03. The Morgan fingerprint density at radius 2 is 1.89 bits per heavy atom. The number of benzene rings is 2. The Hall–Kier alpha value is -3.34. The van der Waals surface area contributed by atoms with Crippen LogP contribution in [0, 0.1) is 6.92 Å². The highest BCUT2D eigenvalue weighted by molar-refractivity contribution is 5.91. The minimum absolute atomic E-state index is 0.207. The third-order valence-electron chi connectivity index (χ3n) is 4.70. The fourth-order valence-electron chi connectivity index (χ4n) is 3.23. The van der Waals surface area contributed by atoms with Crippen LogP contribution < -0.4 is 5.32 Å². The molecule has 5 nitrogen and oxygen atoms in total. The van der Waals surface area contributed by atoms with Crippen LogP contribution in [0.2, 0.25) is 0 Å². The number of nitrogens with zero attached hydrogens (tertiary/aromatic N) is 2. The van der Waals surface area contributed by atoms with Gasteiger partial charge in [0.2, 0.25) is 0 Å². The summed E-state index contributed by atoms with van der Waals surface area (Å²) in [6, 6.07) is 19.9. The van der Waals surface area contributed by atoms with E-state index in [0.29, 0.717) is 18.7 Å². The van der Waals surface area contributed by atoms with Gasteiger partial charge in [0, 0.05) is 19.5 Å². The molecule has 1 amide bonds. The van der Waals surface area contributed by atoms with Gasteiger partial charge in [-0.25, -0.2) is 4.98 Å². The van der Waals surface area contributed by atoms with E-state index in [1.165, 1.54) is 17.4 Å². The van der Waals surface area contributed by atoms with Gasteiger partial charge in [-0.3, -0.25) is 4.79 Å². The van der Waals surface area contributed by atoms with Crippen molar-refractivity contribution in [2.45, 2.75) is 19.9 Å². The van der Waals surface area contributed by atoms with Crippen molar-refractivity contribution in [3.8, 4) is 0 Å². The summed E-state index contributed by atoms with van der Waals surface area (Å²) in [6.45, 7) is 3.38. The van der Waals surface area contributed by atoms with Crippen molar-refractivity contribution >= 4 is 16.9 Å². The van der Waals surface area contributed by atoms with Gasteiger partial charge in [0.15, 0.2) is 5.76 Å². The molecule has 0 fully saturated rings. The highest BCUT2D eigenvalue weighted by Gasteiger charge is 2.13. The van der Waals surface area contributed by atoms with Gasteiger partial charge in [0.25, 0.3) is 5.91 Å². The maximum atomic E-state index is 12.1. The Bertz CT molecular complexity index is 1060. The van der Waals surface area contributed by atoms with Crippen molar-refractivity contribution in [3.63, 3.8) is 0 Å². The van der Waals surface area contributed by atoms with E-state index in [9.17, 15) is 4.79 Å². The molecule has 0 aliphatic carbocycles. The average molecular weight is 359 g/mol. The van der Waals surface area contributed by atoms with Gasteiger partial charge in [0.1, 0.15) is 5.82 Å². The minimum Gasteiger partial charge on any atom is -0.459 e. The van der Waals surface area contributed by atoms with Crippen LogP contribution in [0.1, 0.15) is 27.5 Å². The quantitative estimate of drug-likeness (QED) is 0.567. The summed E-state index contributed by atoms with van der Waals surface area (Å²) < 4.78 is 7.36. The lowest BCUT2D eigenvalue weighted by molar-refractivity contribution is 0.0926. The molecule has 0 spiro atoms. The molecule has 0 atom stereocenters. The number of amides is 1. The number of para-hydroxylation sites is 2. The molecule has 5 heteroatoms. The second-order valence-electron chi connectivity index (χ2n) is 6.51. The second-order valence-corrected chi connectivity index (χ2v) is 6.51. The lowest BCUT2D eigenvalue weighted by atomic mass is 10.1. The fraction of sp³-hybridized carbons (Fsp3) is 0.182. The SMILES string of the molecule is Cc1ccccc1Cn1c(CCNC(=O)c2ccco2)nc2ccccc21. The third-order valence-corrected chi connectivity index (χ3v) is 4.70. The molecule has 0 radical (unpaired) electrons. The number of fused-ring (bicyclic) bond motifs is 1. The molecule has 0 aliphatic rings. The van der Waals surface area contributed by atoms with Crippen LogP contribution in [0.25, 0.3) is 11.0 Å². The van der Waals surface area contributed by atoms with Gasteiger partial charge in [-0.2, -0.15) is 0 Å². The third kappa shape index (κ3) is 3.62. The number of aromatic nitrogens is 2. The van der Waals surface area contributed by atoms with E-state index in [1.807, 2.05) is 18.2 Å². The van der Waals surface area contributed by atoms with Crippen LogP contribution >= 0.6 is 0 Å². The number of aryl methyl sites for hydroxylation is 1. The molecule has 0 saturated heterocycles. The number of carbonyl (C=O) groups is 1. The van der Waals surface area contributed by atoms with E-state index in [1.54, 1.807) is 12.1 Å². The highest BCUT2D eigenvalue weighted by atomic mass is 16.3. The molecule has 0 unspecified atom stereocenters. The molecule has 4 rings (SSSR count). The Morgan fingerprint density at radius 3 is 2.70 bits per heavy atom. The van der Waals surface area contributed by atoms with Gasteiger partial charge in [0.05, 0.1) is 17.3 Å². The lowest BCUT2D eigenvalue weighted by Gasteiger charge is -2.12. The maximum absolute atomic E-state index is 12.1. The summed E-state index contributed by atoms with van der Waals surface area (Å²) in [5, 5.41) is 2.89. The Morgan fingerprint density at radius 1 is 1.07 bits per heavy atom. The monoisotopic (exact) mass is 359 g/mol. The summed E-state index contributed by atoms with van der Waals surface area (Å²) in [6.07, 6.45) is 2.14. The lowest BCUT2D eigenvalue weighted by Crippen LogP contribution is -2.26. The van der Waals surface area contributed by atoms with E-state index in [2.05, 4.69) is 47.1 Å². The topological polar surface area (TPSA) is 60.1 Å². The predicted molar refractivity (Wildman–Crippen MR) is 105 cm³/mol. The number of rotatable bonds is 6. The average Bonchev–Trinajstić information content (AvgIpc) is 3.32. The van der Waals surface area contributed by atoms with E-state index in [-0.39, 0.29) is 5.91 Å². The Kier molecular flexibility index (Phi) is 4.75. The van der Waals surface area contributed by atoms with Crippen LogP contribution in [0.3, 0.4) is 0 Å². The summed E-state index contributed by atoms with van der Waals surface area (Å²) in [5.41, 5.74) is 4.60. The molecule has 136 valence electrons. The summed E-state index contributed by atoms with van der Waals surface area (Å²) in [7, 11) is 0. The molecule has 0 aliphatic heterocycles. The molecule has 2 aromatic heterocycles. The van der Waals surface area contributed by atoms with Crippen LogP contribution in [0.15, 0.2) is 71.3 Å². The van der Waals surface area contributed by atoms with E-state index < -0.39 is 0 Å². The largest absolute Gasteiger partial charge is 0.459 e. The Labute approximate surface area is 157 Å². The zero-order chi connectivity index (χ0) is 18.6. The van der Waals surface area contributed by atoms with Gasteiger partial charge in [-0.1, -0.05) is 36.4 Å². The van der Waals surface area contributed by atoms with Crippen molar-refractivity contribution in [2.75, 3.05) is 6.54 Å². The zero-order valence-corrected chi connectivity index (χ0v) is 15.2. The van der Waals surface area contributed by atoms with Crippen molar-refractivity contribution in [1.29, 1.82) is 0 Å². The van der Waals surface area contributed by atoms with Crippen molar-refractivity contribution < 1.29 is 9.21 Å². The first-order valence-corrected chi connectivity index (χ1v) is 9.03. The number of nitrogens with one attached hydrogen (secondary N) is 1. The van der Waals surface area contributed by atoms with Crippen molar-refractivity contribution in [1.82, 2.24) is 14.9 Å². The first kappa shape index (κ1) is 17.1. The maximum Gasteiger partial charge on any atom is 0.286 e. The Balaban J connectivity index is 1.56. The molecule has 1 N–H and O–H groups in total. The molecule has 2 aromatic carbocycles. The van der Waals surface area contributed by atoms with E-state index in [0.717, 1.165) is 23.4 Å². The predicted octanol–water partition coefficient (Wildman–Crippen LogP) is 3.96. The highest BCUT2D eigenvalue weighted by Crippen LogP contribution is 2.19. The van der Waals surface area contributed by atoms with E-state index in [4.69, 9.17) is 9.40 Å². The van der Waals surface area contributed by atoms with Crippen LogP contribution in [-0.2, 0) is 13.0 Å². The van der Waals surface area contributed by atoms with Crippen LogP contribution in [-0.4, -0.2) is 22.0 Å². The number of furan rings is 1. The van der Waals surface area contributed by atoms with E-state index >= 15 is 0 Å². The van der Waals surface area contributed by atoms with Gasteiger partial charge >= 0.3 is 0 Å². The summed E-state index contributed by atoms with van der Waals surface area (Å²) >= 11 is 0. The van der Waals surface area contributed by atoms with Crippen molar-refractivity contribution in [2.24, 2.45) is 0 Å². The van der Waals surface area contributed by atoms with Crippen molar-refractivity contribution in [3.05, 3.63) is 89.6 Å². The fourth-order valence-corrected chi connectivity index (χ4v) is 3.23. The molecular formula is C22H21N3O2. The number of carbonyl (C=O) groups excluding carboxylic acids is 1. The van der Waals surface area contributed by atoms with Gasteiger partial charge in [-0.15, -0.1) is 0 Å². The standard InChI is InChI=1S/C22H21N3O2/c1-16-7-2-3-8-17(16)15-25-19-10-5-4-9-18(19)24-21(25)12-13-23-22(26)20-11-6-14-27-20/h2-11,14H,12-13,15H2,1H3,(H,23,26). The normalized spacial score (nSPS) is 11.0. The zero-order valence-electron chi connectivity index (χ0n) is 15.2. The number of imidazole rings is 1.